The van der Waals surface area contributed by atoms with E-state index in [1.807, 2.05) is 48.7 Å². The van der Waals surface area contributed by atoms with Crippen LogP contribution in [0.1, 0.15) is 23.9 Å². The van der Waals surface area contributed by atoms with Crippen molar-refractivity contribution in [3.05, 3.63) is 58.8 Å². The molecule has 0 spiro atoms. The Morgan fingerprint density at radius 1 is 1.31 bits per heavy atom. The Morgan fingerprint density at radius 2 is 2.12 bits per heavy atom. The number of carbonyl (C=O) groups excluding carboxylic acids is 1. The summed E-state index contributed by atoms with van der Waals surface area (Å²) in [6.07, 6.45) is 1.88. The van der Waals surface area contributed by atoms with Crippen molar-refractivity contribution in [3.8, 4) is 11.3 Å². The molecule has 2 heterocycles. The maximum absolute atomic E-state index is 11.4. The highest BCUT2D eigenvalue weighted by Gasteiger charge is 2.08. The summed E-state index contributed by atoms with van der Waals surface area (Å²) in [6.45, 7) is 4.08. The van der Waals surface area contributed by atoms with Crippen LogP contribution in [0.2, 0.25) is 0 Å². The van der Waals surface area contributed by atoms with Gasteiger partial charge in [0.15, 0.2) is 0 Å². The zero-order chi connectivity index (χ0) is 18.4. The van der Waals surface area contributed by atoms with Crippen LogP contribution in [0.4, 0.5) is 5.13 Å². The Hall–Kier alpha value is -2.93. The number of benzene rings is 1. The summed E-state index contributed by atoms with van der Waals surface area (Å²) in [6, 6.07) is 11.8. The number of rotatable bonds is 7. The number of carbonyl (C=O) groups is 1. The van der Waals surface area contributed by atoms with E-state index in [1.165, 1.54) is 11.3 Å². The SMILES string of the molecule is CCOC(=O)Cc1csc(NN=Cc2ccc(-c3ccc(C)o3)cc2)n1. The van der Waals surface area contributed by atoms with E-state index in [0.29, 0.717) is 17.4 Å². The van der Waals surface area contributed by atoms with Crippen LogP contribution in [0, 0.1) is 6.92 Å². The molecule has 0 bridgehead atoms. The number of thiazole rings is 1. The molecule has 1 N–H and O–H groups in total. The summed E-state index contributed by atoms with van der Waals surface area (Å²) in [4.78, 5) is 15.7. The van der Waals surface area contributed by atoms with Gasteiger partial charge in [-0.1, -0.05) is 24.3 Å². The second-order valence-corrected chi connectivity index (χ2v) is 6.39. The summed E-state index contributed by atoms with van der Waals surface area (Å²) in [5.41, 5.74) is 5.52. The van der Waals surface area contributed by atoms with Gasteiger partial charge in [-0.3, -0.25) is 10.2 Å². The third kappa shape index (κ3) is 4.80. The lowest BCUT2D eigenvalue weighted by atomic mass is 10.1. The number of aryl methyl sites for hydroxylation is 1. The molecule has 0 amide bonds. The predicted octanol–water partition coefficient (Wildman–Crippen LogP) is 4.26. The minimum absolute atomic E-state index is 0.170. The van der Waals surface area contributed by atoms with Gasteiger partial charge in [-0.25, -0.2) is 4.98 Å². The van der Waals surface area contributed by atoms with Crippen molar-refractivity contribution < 1.29 is 13.9 Å². The largest absolute Gasteiger partial charge is 0.466 e. The van der Waals surface area contributed by atoms with Gasteiger partial charge in [0, 0.05) is 10.9 Å². The van der Waals surface area contributed by atoms with Crippen LogP contribution in [0.5, 0.6) is 0 Å². The molecule has 3 aromatic rings. The highest BCUT2D eigenvalue weighted by atomic mass is 32.1. The van der Waals surface area contributed by atoms with Crippen LogP contribution in [0.25, 0.3) is 11.3 Å². The molecule has 0 aliphatic rings. The Labute approximate surface area is 155 Å². The van der Waals surface area contributed by atoms with E-state index in [1.54, 1.807) is 13.1 Å². The molecule has 0 saturated heterocycles. The van der Waals surface area contributed by atoms with Crippen molar-refractivity contribution in [1.29, 1.82) is 0 Å². The van der Waals surface area contributed by atoms with E-state index in [2.05, 4.69) is 15.5 Å². The molecule has 1 aromatic carbocycles. The lowest BCUT2D eigenvalue weighted by molar-refractivity contribution is -0.142. The van der Waals surface area contributed by atoms with Crippen LogP contribution in [-0.4, -0.2) is 23.8 Å². The average Bonchev–Trinajstić information content (AvgIpc) is 3.25. The molecule has 0 aliphatic carbocycles. The summed E-state index contributed by atoms with van der Waals surface area (Å²) in [5.74, 6) is 1.46. The molecule has 134 valence electrons. The maximum atomic E-state index is 11.4. The summed E-state index contributed by atoms with van der Waals surface area (Å²) in [7, 11) is 0. The van der Waals surface area contributed by atoms with Gasteiger partial charge in [0.1, 0.15) is 11.5 Å². The Kier molecular flexibility index (Phi) is 5.80. The van der Waals surface area contributed by atoms with Crippen molar-refractivity contribution in [2.45, 2.75) is 20.3 Å². The average molecular weight is 369 g/mol. The van der Waals surface area contributed by atoms with Crippen molar-refractivity contribution >= 4 is 28.7 Å². The fourth-order valence-electron chi connectivity index (χ4n) is 2.28. The fraction of sp³-hybridized carbons (Fsp3) is 0.211. The number of hydrogen-bond acceptors (Lipinski definition) is 7. The van der Waals surface area contributed by atoms with E-state index in [4.69, 9.17) is 9.15 Å². The minimum Gasteiger partial charge on any atom is -0.466 e. The Balaban J connectivity index is 1.55. The van der Waals surface area contributed by atoms with Gasteiger partial charge < -0.3 is 9.15 Å². The highest BCUT2D eigenvalue weighted by Crippen LogP contribution is 2.22. The zero-order valence-corrected chi connectivity index (χ0v) is 15.4. The van der Waals surface area contributed by atoms with Crippen molar-refractivity contribution in [1.82, 2.24) is 4.98 Å². The molecule has 0 unspecified atom stereocenters. The van der Waals surface area contributed by atoms with Gasteiger partial charge in [-0.15, -0.1) is 11.3 Å². The van der Waals surface area contributed by atoms with Crippen molar-refractivity contribution in [2.75, 3.05) is 12.0 Å². The Bertz CT molecular complexity index is 897. The van der Waals surface area contributed by atoms with E-state index in [9.17, 15) is 4.79 Å². The van der Waals surface area contributed by atoms with Gasteiger partial charge in [0.25, 0.3) is 0 Å². The molecule has 0 atom stereocenters. The number of anilines is 1. The van der Waals surface area contributed by atoms with E-state index >= 15 is 0 Å². The molecular weight excluding hydrogens is 350 g/mol. The number of aromatic nitrogens is 1. The topological polar surface area (TPSA) is 76.7 Å². The van der Waals surface area contributed by atoms with Crippen molar-refractivity contribution in [2.24, 2.45) is 5.10 Å². The predicted molar refractivity (Wildman–Crippen MR) is 103 cm³/mol. The molecule has 0 radical (unpaired) electrons. The first-order valence-corrected chi connectivity index (χ1v) is 9.08. The summed E-state index contributed by atoms with van der Waals surface area (Å²) < 4.78 is 10.5. The number of furan rings is 1. The lowest BCUT2D eigenvalue weighted by Gasteiger charge is -1.99. The first kappa shape index (κ1) is 17.9. The molecule has 7 heteroatoms. The second-order valence-electron chi connectivity index (χ2n) is 5.53. The molecule has 0 fully saturated rings. The monoisotopic (exact) mass is 369 g/mol. The number of hydrazone groups is 1. The highest BCUT2D eigenvalue weighted by molar-refractivity contribution is 7.13. The third-order valence-corrected chi connectivity index (χ3v) is 4.29. The minimum atomic E-state index is -0.278. The third-order valence-electron chi connectivity index (χ3n) is 3.49. The van der Waals surface area contributed by atoms with Gasteiger partial charge in [0.2, 0.25) is 5.13 Å². The van der Waals surface area contributed by atoms with Crippen LogP contribution in [0.3, 0.4) is 0 Å². The van der Waals surface area contributed by atoms with E-state index in [-0.39, 0.29) is 12.4 Å². The van der Waals surface area contributed by atoms with Crippen LogP contribution in [0.15, 0.2) is 51.3 Å². The molecule has 0 aliphatic heterocycles. The van der Waals surface area contributed by atoms with Crippen molar-refractivity contribution in [3.63, 3.8) is 0 Å². The number of ether oxygens (including phenoxy) is 1. The van der Waals surface area contributed by atoms with E-state index < -0.39 is 0 Å². The molecule has 6 nitrogen and oxygen atoms in total. The lowest BCUT2D eigenvalue weighted by Crippen LogP contribution is -2.07. The summed E-state index contributed by atoms with van der Waals surface area (Å²) >= 11 is 1.39. The molecular formula is C19H19N3O3S. The van der Waals surface area contributed by atoms with Crippen LogP contribution < -0.4 is 5.43 Å². The van der Waals surface area contributed by atoms with Gasteiger partial charge in [0.05, 0.1) is 24.9 Å². The second kappa shape index (κ2) is 8.44. The Morgan fingerprint density at radius 3 is 2.81 bits per heavy atom. The normalized spacial score (nSPS) is 11.0. The first-order valence-electron chi connectivity index (χ1n) is 8.20. The zero-order valence-electron chi connectivity index (χ0n) is 14.6. The number of hydrogen-bond donors (Lipinski definition) is 1. The van der Waals surface area contributed by atoms with Gasteiger partial charge in [-0.05, 0) is 31.5 Å². The summed E-state index contributed by atoms with van der Waals surface area (Å²) in [5, 5.41) is 6.62. The van der Waals surface area contributed by atoms with Crippen LogP contribution in [-0.2, 0) is 16.0 Å². The number of nitrogens with zero attached hydrogens (tertiary/aromatic N) is 2. The smallest absolute Gasteiger partial charge is 0.311 e. The number of nitrogens with one attached hydrogen (secondary N) is 1. The molecule has 26 heavy (non-hydrogen) atoms. The fourth-order valence-corrected chi connectivity index (χ4v) is 2.94. The van der Waals surface area contributed by atoms with Gasteiger partial charge >= 0.3 is 5.97 Å². The quantitative estimate of drug-likeness (QED) is 0.382. The molecule has 0 saturated carbocycles. The maximum Gasteiger partial charge on any atom is 0.311 e. The standard InChI is InChI=1S/C19H19N3O3S/c1-3-24-18(23)10-16-12-26-19(21-16)22-20-11-14-5-7-15(8-6-14)17-9-4-13(2)25-17/h4-9,11-12H,3,10H2,1-2H3,(H,21,22). The van der Waals surface area contributed by atoms with E-state index in [0.717, 1.165) is 22.6 Å². The number of esters is 1. The van der Waals surface area contributed by atoms with Gasteiger partial charge in [-0.2, -0.15) is 5.10 Å². The van der Waals surface area contributed by atoms with Crippen LogP contribution >= 0.6 is 11.3 Å². The first-order chi connectivity index (χ1) is 12.6. The molecule has 3 rings (SSSR count). The molecule has 2 aromatic heterocycles.